The Morgan fingerprint density at radius 3 is 1.19 bits per heavy atom. The Morgan fingerprint density at radius 1 is 0.392 bits per heavy atom. The van der Waals surface area contributed by atoms with E-state index in [1.807, 2.05) is 0 Å². The van der Waals surface area contributed by atoms with Crippen molar-refractivity contribution in [2.75, 3.05) is 14.7 Å². The summed E-state index contributed by atoms with van der Waals surface area (Å²) < 4.78 is 0. The summed E-state index contributed by atoms with van der Waals surface area (Å²) in [6, 6.07) is 53.4. The fraction of sp³-hybridized carbons (Fsp3) is 0.440. The van der Waals surface area contributed by atoms with Gasteiger partial charge in [0.25, 0.3) is 6.71 Å². The standard InChI is InChI=1S/C75H90BN3/c1-68(2,3)49-40-65-67-66(41-49)79(53-30-32-55-58(43-53)73(13,14)36-34-71(55,9)10)64-46-60-59(74(15,16)37-38-75(60,17)18)44-62(64)76(67)61-39-48(47-77(50-25-21-19-22-26-50)51-27-23-20-24-28-51)56(69(4,5)6)45-63(61)78(65)52-29-31-54-57(42-52)72(11,12)35-33-70(54,7)8/h19-32,39-46H,33-38,47H2,1-18H3. The Labute approximate surface area is 477 Å². The van der Waals surface area contributed by atoms with E-state index in [0.29, 0.717) is 0 Å². The lowest BCUT2D eigenvalue weighted by Crippen LogP contribution is -2.62. The molecular weight excluding hydrogens is 954 g/mol. The maximum atomic E-state index is 2.76. The summed E-state index contributed by atoms with van der Waals surface area (Å²) in [5.41, 5.74) is 27.5. The SMILES string of the molecule is CC(C)(C)c1cc2c3c(c1)N(c1ccc4c(c1)C(C)(C)CCC4(C)C)c1cc4c(cc1B3c1cc(CN(c3ccccc3)c3ccccc3)c(C(C)(C)C)cc1N2c1ccc2c(c1)C(C)(C)CCC2(C)C)C(C)(C)CCC4(C)C. The van der Waals surface area contributed by atoms with Crippen molar-refractivity contribution in [1.82, 2.24) is 0 Å². The summed E-state index contributed by atoms with van der Waals surface area (Å²) in [5, 5.41) is 0. The van der Waals surface area contributed by atoms with Crippen molar-refractivity contribution in [1.29, 1.82) is 0 Å². The molecule has 0 spiro atoms. The Morgan fingerprint density at radius 2 is 0.772 bits per heavy atom. The quantitative estimate of drug-likeness (QED) is 0.154. The van der Waals surface area contributed by atoms with Crippen molar-refractivity contribution < 1.29 is 0 Å². The smallest absolute Gasteiger partial charge is 0.252 e. The van der Waals surface area contributed by atoms with E-state index in [4.69, 9.17) is 0 Å². The van der Waals surface area contributed by atoms with Crippen LogP contribution in [-0.2, 0) is 49.9 Å². The number of nitrogens with zero attached hydrogens (tertiary/aromatic N) is 3. The molecule has 0 bridgehead atoms. The minimum atomic E-state index is -0.166. The molecule has 3 nitrogen and oxygen atoms in total. The topological polar surface area (TPSA) is 9.72 Å². The second-order valence-corrected chi connectivity index (χ2v) is 31.1. The van der Waals surface area contributed by atoms with E-state index < -0.39 is 0 Å². The lowest BCUT2D eigenvalue weighted by atomic mass is 9.32. The van der Waals surface area contributed by atoms with Gasteiger partial charge in [0.2, 0.25) is 0 Å². The predicted octanol–water partition coefficient (Wildman–Crippen LogP) is 18.7. The molecule has 0 radical (unpaired) electrons. The summed E-state index contributed by atoms with van der Waals surface area (Å²) in [5.74, 6) is 0. The van der Waals surface area contributed by atoms with E-state index in [9.17, 15) is 0 Å². The number of hydrogen-bond acceptors (Lipinski definition) is 3. The van der Waals surface area contributed by atoms with E-state index in [1.54, 1.807) is 0 Å². The van der Waals surface area contributed by atoms with Crippen LogP contribution in [0.1, 0.15) is 213 Å². The van der Waals surface area contributed by atoms with Crippen LogP contribution in [-0.4, -0.2) is 6.71 Å². The molecule has 7 aromatic rings. The van der Waals surface area contributed by atoms with Gasteiger partial charge in [-0.3, -0.25) is 0 Å². The van der Waals surface area contributed by atoms with E-state index in [0.717, 1.165) is 19.4 Å². The minimum absolute atomic E-state index is 0.0195. The third kappa shape index (κ3) is 8.73. The van der Waals surface area contributed by atoms with E-state index in [1.165, 1.54) is 138 Å². The number of anilines is 8. The van der Waals surface area contributed by atoms with Gasteiger partial charge in [-0.2, -0.15) is 0 Å². The van der Waals surface area contributed by atoms with Gasteiger partial charge >= 0.3 is 0 Å². The van der Waals surface area contributed by atoms with Crippen molar-refractivity contribution in [2.45, 2.75) is 213 Å². The highest BCUT2D eigenvalue weighted by Crippen LogP contribution is 2.55. The summed E-state index contributed by atoms with van der Waals surface area (Å²) in [7, 11) is 0. The first kappa shape index (κ1) is 53.6. The van der Waals surface area contributed by atoms with E-state index >= 15 is 0 Å². The normalized spacial score (nSPS) is 19.5. The lowest BCUT2D eigenvalue weighted by molar-refractivity contribution is 0.332. The third-order valence-electron chi connectivity index (χ3n) is 20.6. The Hall–Kier alpha value is -6.00. The van der Waals surface area contributed by atoms with Gasteiger partial charge in [-0.25, -0.2) is 0 Å². The van der Waals surface area contributed by atoms with Crippen molar-refractivity contribution >= 4 is 68.6 Å². The van der Waals surface area contributed by atoms with Crippen LogP contribution in [0.5, 0.6) is 0 Å². The van der Waals surface area contributed by atoms with E-state index in [2.05, 4.69) is 273 Å². The van der Waals surface area contributed by atoms with E-state index in [-0.39, 0.29) is 50.0 Å². The minimum Gasteiger partial charge on any atom is -0.337 e. The van der Waals surface area contributed by atoms with Gasteiger partial charge < -0.3 is 14.7 Å². The maximum absolute atomic E-state index is 2.76. The molecule has 3 aliphatic carbocycles. The van der Waals surface area contributed by atoms with Gasteiger partial charge in [0, 0.05) is 52.0 Å². The van der Waals surface area contributed by atoms with Crippen LogP contribution in [0.25, 0.3) is 0 Å². The highest BCUT2D eigenvalue weighted by molar-refractivity contribution is 7.00. The monoisotopic (exact) mass is 1040 g/mol. The molecule has 79 heavy (non-hydrogen) atoms. The fourth-order valence-electron chi connectivity index (χ4n) is 15.1. The zero-order valence-corrected chi connectivity index (χ0v) is 51.6. The highest BCUT2D eigenvalue weighted by Gasteiger charge is 2.49. The third-order valence-corrected chi connectivity index (χ3v) is 20.6. The van der Waals surface area contributed by atoms with Gasteiger partial charge in [0.1, 0.15) is 0 Å². The largest absolute Gasteiger partial charge is 0.337 e. The molecule has 0 N–H and O–H groups in total. The first-order valence-corrected chi connectivity index (χ1v) is 30.2. The summed E-state index contributed by atoms with van der Waals surface area (Å²) in [6.45, 7) is 45.1. The molecule has 0 saturated heterocycles. The molecule has 0 amide bonds. The second kappa shape index (κ2) is 17.8. The van der Waals surface area contributed by atoms with Crippen LogP contribution >= 0.6 is 0 Å². The molecule has 0 saturated carbocycles. The van der Waals surface area contributed by atoms with Gasteiger partial charge in [-0.1, -0.05) is 185 Å². The van der Waals surface area contributed by atoms with Crippen LogP contribution in [0.15, 0.2) is 133 Å². The molecule has 0 atom stereocenters. The Kier molecular flexibility index (Phi) is 12.1. The molecule has 0 fully saturated rings. The lowest BCUT2D eigenvalue weighted by Gasteiger charge is -2.49. The molecule has 7 aromatic carbocycles. The zero-order chi connectivity index (χ0) is 56.4. The molecule has 4 heteroatoms. The van der Waals surface area contributed by atoms with Crippen LogP contribution in [0.4, 0.5) is 45.5 Å². The molecule has 408 valence electrons. The number of fused-ring (bicyclic) bond motifs is 7. The average molecular weight is 1040 g/mol. The van der Waals surface area contributed by atoms with Gasteiger partial charge in [-0.15, -0.1) is 0 Å². The summed E-state index contributed by atoms with van der Waals surface area (Å²) >= 11 is 0. The number of rotatable bonds is 6. The molecule has 2 aliphatic heterocycles. The van der Waals surface area contributed by atoms with Gasteiger partial charge in [0.15, 0.2) is 0 Å². The van der Waals surface area contributed by atoms with Crippen molar-refractivity contribution in [2.24, 2.45) is 0 Å². The predicted molar refractivity (Wildman–Crippen MR) is 342 cm³/mol. The molecule has 12 rings (SSSR count). The van der Waals surface area contributed by atoms with Crippen LogP contribution in [0, 0.1) is 0 Å². The highest BCUT2D eigenvalue weighted by atomic mass is 15.2. The second-order valence-electron chi connectivity index (χ2n) is 31.1. The molecule has 0 aromatic heterocycles. The summed E-state index contributed by atoms with van der Waals surface area (Å²) in [6.07, 6.45) is 7.05. The molecule has 5 aliphatic rings. The summed E-state index contributed by atoms with van der Waals surface area (Å²) in [4.78, 5) is 8.04. The zero-order valence-electron chi connectivity index (χ0n) is 51.6. The van der Waals surface area contributed by atoms with Crippen LogP contribution in [0.3, 0.4) is 0 Å². The van der Waals surface area contributed by atoms with Gasteiger partial charge in [-0.05, 0) is 221 Å². The fourth-order valence-corrected chi connectivity index (χ4v) is 15.1. The van der Waals surface area contributed by atoms with Crippen LogP contribution < -0.4 is 31.1 Å². The van der Waals surface area contributed by atoms with Crippen LogP contribution in [0.2, 0.25) is 0 Å². The number of hydrogen-bond donors (Lipinski definition) is 0. The molecular formula is C75H90BN3. The Bertz CT molecular complexity index is 3520. The first-order valence-electron chi connectivity index (χ1n) is 30.2. The first-order chi connectivity index (χ1) is 36.9. The number of para-hydroxylation sites is 2. The average Bonchev–Trinajstić information content (AvgIpc) is 3.59. The maximum Gasteiger partial charge on any atom is 0.252 e. The Balaban J connectivity index is 1.23. The number of benzene rings is 7. The molecule has 2 heterocycles. The van der Waals surface area contributed by atoms with Crippen molar-refractivity contribution in [3.63, 3.8) is 0 Å². The van der Waals surface area contributed by atoms with Gasteiger partial charge in [0.05, 0.1) is 0 Å². The van der Waals surface area contributed by atoms with Crippen molar-refractivity contribution in [3.05, 3.63) is 184 Å². The molecule has 0 unspecified atom stereocenters. The van der Waals surface area contributed by atoms with Crippen molar-refractivity contribution in [3.8, 4) is 0 Å².